The zero-order valence-corrected chi connectivity index (χ0v) is 10.5. The molecule has 5 heteroatoms. The molecule has 0 fully saturated rings. The Hall–Kier alpha value is -2.69. The van der Waals surface area contributed by atoms with E-state index in [4.69, 9.17) is 0 Å². The number of nitrogens with one attached hydrogen (secondary N) is 2. The van der Waals surface area contributed by atoms with Crippen molar-refractivity contribution >= 4 is 23.2 Å². The quantitative estimate of drug-likeness (QED) is 0.555. The largest absolute Gasteiger partial charge is 0.323 e. The van der Waals surface area contributed by atoms with Gasteiger partial charge in [0.15, 0.2) is 0 Å². The van der Waals surface area contributed by atoms with Crippen LogP contribution >= 0.6 is 0 Å². The third-order valence-electron chi connectivity index (χ3n) is 2.73. The summed E-state index contributed by atoms with van der Waals surface area (Å²) >= 11 is 0. The lowest BCUT2D eigenvalue weighted by Crippen LogP contribution is -1.92. The minimum Gasteiger partial charge on any atom is -0.323 e. The van der Waals surface area contributed by atoms with Gasteiger partial charge in [0.2, 0.25) is 5.95 Å². The van der Waals surface area contributed by atoms with Crippen LogP contribution < -0.4 is 5.43 Å². The van der Waals surface area contributed by atoms with Crippen molar-refractivity contribution in [3.63, 3.8) is 0 Å². The second-order valence-corrected chi connectivity index (χ2v) is 4.26. The first-order valence-corrected chi connectivity index (χ1v) is 5.97. The van der Waals surface area contributed by atoms with E-state index in [9.17, 15) is 0 Å². The van der Waals surface area contributed by atoms with E-state index in [1.54, 1.807) is 18.6 Å². The second kappa shape index (κ2) is 4.89. The fourth-order valence-electron chi connectivity index (χ4n) is 1.79. The number of benzene rings is 1. The van der Waals surface area contributed by atoms with Gasteiger partial charge in [0.25, 0.3) is 0 Å². The number of hydrogen-bond acceptors (Lipinski definition) is 4. The molecule has 3 aromatic rings. The molecule has 0 radical (unpaired) electrons. The fourth-order valence-corrected chi connectivity index (χ4v) is 1.79. The van der Waals surface area contributed by atoms with Crippen molar-refractivity contribution < 1.29 is 0 Å². The van der Waals surface area contributed by atoms with Crippen LogP contribution in [0.2, 0.25) is 0 Å². The average molecular weight is 251 g/mol. The van der Waals surface area contributed by atoms with Crippen molar-refractivity contribution in [2.24, 2.45) is 5.10 Å². The number of aryl methyl sites for hydroxylation is 1. The highest BCUT2D eigenvalue weighted by Crippen LogP contribution is 2.15. The van der Waals surface area contributed by atoms with Crippen LogP contribution in [0.1, 0.15) is 11.1 Å². The Labute approximate surface area is 110 Å². The van der Waals surface area contributed by atoms with E-state index in [2.05, 4.69) is 38.5 Å². The predicted molar refractivity (Wildman–Crippen MR) is 76.3 cm³/mol. The number of hydrazone groups is 1. The lowest BCUT2D eigenvalue weighted by molar-refractivity contribution is 1.21. The Morgan fingerprint density at radius 1 is 1.21 bits per heavy atom. The summed E-state index contributed by atoms with van der Waals surface area (Å²) in [5.41, 5.74) is 6.99. The van der Waals surface area contributed by atoms with E-state index < -0.39 is 0 Å². The maximum Gasteiger partial charge on any atom is 0.222 e. The number of H-pyrrole nitrogens is 1. The number of aromatic nitrogens is 3. The molecule has 94 valence electrons. The topological polar surface area (TPSA) is 66.0 Å². The molecule has 3 rings (SSSR count). The van der Waals surface area contributed by atoms with Gasteiger partial charge in [0.05, 0.1) is 17.2 Å². The summed E-state index contributed by atoms with van der Waals surface area (Å²) in [4.78, 5) is 11.5. The van der Waals surface area contributed by atoms with Gasteiger partial charge in [0.1, 0.15) is 0 Å². The van der Waals surface area contributed by atoms with Gasteiger partial charge in [-0.3, -0.25) is 4.98 Å². The average Bonchev–Trinajstić information content (AvgIpc) is 2.82. The van der Waals surface area contributed by atoms with E-state index in [1.807, 2.05) is 24.3 Å². The Bertz CT molecular complexity index is 715. The van der Waals surface area contributed by atoms with Gasteiger partial charge in [-0.25, -0.2) is 10.4 Å². The molecule has 0 aliphatic heterocycles. The van der Waals surface area contributed by atoms with Crippen LogP contribution in [0.25, 0.3) is 11.0 Å². The highest BCUT2D eigenvalue weighted by Gasteiger charge is 2.00. The van der Waals surface area contributed by atoms with Gasteiger partial charge in [-0.05, 0) is 42.3 Å². The summed E-state index contributed by atoms with van der Waals surface area (Å²) in [6.07, 6.45) is 5.18. The Balaban J connectivity index is 1.77. The number of pyridine rings is 1. The number of rotatable bonds is 3. The maximum atomic E-state index is 4.39. The fraction of sp³-hybridized carbons (Fsp3) is 0.0714. The Morgan fingerprint density at radius 3 is 2.89 bits per heavy atom. The molecule has 5 nitrogen and oxygen atoms in total. The molecule has 1 aromatic carbocycles. The van der Waals surface area contributed by atoms with Gasteiger partial charge in [0, 0.05) is 12.4 Å². The van der Waals surface area contributed by atoms with Crippen molar-refractivity contribution in [2.45, 2.75) is 6.92 Å². The van der Waals surface area contributed by atoms with Crippen LogP contribution in [-0.4, -0.2) is 21.2 Å². The Kier molecular flexibility index (Phi) is 2.94. The molecule has 0 atom stereocenters. The van der Waals surface area contributed by atoms with Crippen LogP contribution in [0.15, 0.2) is 47.8 Å². The van der Waals surface area contributed by atoms with E-state index >= 15 is 0 Å². The summed E-state index contributed by atoms with van der Waals surface area (Å²) in [7, 11) is 0. The zero-order valence-electron chi connectivity index (χ0n) is 10.5. The normalized spacial score (nSPS) is 11.2. The van der Waals surface area contributed by atoms with Gasteiger partial charge < -0.3 is 4.98 Å². The monoisotopic (exact) mass is 251 g/mol. The summed E-state index contributed by atoms with van der Waals surface area (Å²) in [5.74, 6) is 0.630. The molecular weight excluding hydrogens is 238 g/mol. The molecule has 0 unspecified atom stereocenters. The molecule has 0 aliphatic rings. The molecule has 0 saturated carbocycles. The van der Waals surface area contributed by atoms with Crippen molar-refractivity contribution in [1.29, 1.82) is 0 Å². The number of imidazole rings is 1. The van der Waals surface area contributed by atoms with Crippen molar-refractivity contribution in [2.75, 3.05) is 5.43 Å². The number of fused-ring (bicyclic) bond motifs is 1. The first kappa shape index (κ1) is 11.4. The molecule has 2 aromatic heterocycles. The van der Waals surface area contributed by atoms with Gasteiger partial charge >= 0.3 is 0 Å². The molecule has 0 saturated heterocycles. The summed E-state index contributed by atoms with van der Waals surface area (Å²) in [6.45, 7) is 2.05. The standard InChI is InChI=1S/C14H13N5/c1-10-2-3-12-13(8-10)18-14(17-12)19-16-9-11-4-6-15-7-5-11/h2-9H,1H3,(H2,17,18,19)/b16-9-. The minimum atomic E-state index is 0.630. The Morgan fingerprint density at radius 2 is 2.05 bits per heavy atom. The first-order chi connectivity index (χ1) is 9.31. The molecule has 0 aliphatic carbocycles. The molecule has 2 heterocycles. The van der Waals surface area contributed by atoms with Crippen LogP contribution in [0.5, 0.6) is 0 Å². The third-order valence-corrected chi connectivity index (χ3v) is 2.73. The third kappa shape index (κ3) is 2.60. The van der Waals surface area contributed by atoms with Crippen LogP contribution in [0.3, 0.4) is 0 Å². The number of nitrogens with zero attached hydrogens (tertiary/aromatic N) is 3. The van der Waals surface area contributed by atoms with E-state index in [0.717, 1.165) is 16.6 Å². The molecule has 0 bridgehead atoms. The number of hydrogen-bond donors (Lipinski definition) is 2. The van der Waals surface area contributed by atoms with Gasteiger partial charge in [-0.2, -0.15) is 5.10 Å². The van der Waals surface area contributed by atoms with Crippen molar-refractivity contribution in [3.05, 3.63) is 53.9 Å². The predicted octanol–water partition coefficient (Wildman–Crippen LogP) is 2.71. The molecular formula is C14H13N5. The van der Waals surface area contributed by atoms with E-state index in [0.29, 0.717) is 5.95 Å². The minimum absolute atomic E-state index is 0.630. The SMILES string of the molecule is Cc1ccc2nc(N/N=C\c3ccncc3)[nH]c2c1. The summed E-state index contributed by atoms with van der Waals surface area (Å²) in [6, 6.07) is 9.84. The highest BCUT2D eigenvalue weighted by atomic mass is 15.3. The van der Waals surface area contributed by atoms with Crippen LogP contribution in [0, 0.1) is 6.92 Å². The molecule has 0 amide bonds. The summed E-state index contributed by atoms with van der Waals surface area (Å²) < 4.78 is 0. The van der Waals surface area contributed by atoms with Crippen LogP contribution in [0.4, 0.5) is 5.95 Å². The second-order valence-electron chi connectivity index (χ2n) is 4.26. The smallest absolute Gasteiger partial charge is 0.222 e. The van der Waals surface area contributed by atoms with Crippen molar-refractivity contribution in [1.82, 2.24) is 15.0 Å². The van der Waals surface area contributed by atoms with Crippen LogP contribution in [-0.2, 0) is 0 Å². The number of aromatic amines is 1. The van der Waals surface area contributed by atoms with Gasteiger partial charge in [-0.1, -0.05) is 6.07 Å². The number of anilines is 1. The maximum absolute atomic E-state index is 4.39. The first-order valence-electron chi connectivity index (χ1n) is 5.97. The van der Waals surface area contributed by atoms with Gasteiger partial charge in [-0.15, -0.1) is 0 Å². The molecule has 19 heavy (non-hydrogen) atoms. The zero-order chi connectivity index (χ0) is 13.1. The highest BCUT2D eigenvalue weighted by molar-refractivity contribution is 5.80. The van der Waals surface area contributed by atoms with E-state index in [1.165, 1.54) is 5.56 Å². The lowest BCUT2D eigenvalue weighted by Gasteiger charge is -1.93. The molecule has 0 spiro atoms. The lowest BCUT2D eigenvalue weighted by atomic mass is 10.2. The van der Waals surface area contributed by atoms with E-state index in [-0.39, 0.29) is 0 Å². The molecule has 2 N–H and O–H groups in total. The van der Waals surface area contributed by atoms with Crippen molar-refractivity contribution in [3.8, 4) is 0 Å². The summed E-state index contributed by atoms with van der Waals surface area (Å²) in [5, 5.41) is 4.13.